The Bertz CT molecular complexity index is 78.9. The monoisotopic (exact) mass is 234 g/mol. The number of rotatable bonds is 0. The van der Waals surface area contributed by atoms with Crippen molar-refractivity contribution in [2.45, 2.75) is 0 Å². The molecule has 0 saturated heterocycles. The Morgan fingerprint density at radius 3 is 1.09 bits per heavy atom. The Morgan fingerprint density at radius 2 is 1.09 bits per heavy atom. The maximum absolute atomic E-state index is 8.80. The van der Waals surface area contributed by atoms with Crippen LogP contribution < -0.4 is 19.8 Å². The SMILES string of the molecule is O=C([O-])[O-].[Ca+2].[Ca+2].[O-][Si]([O-])(O)O. The normalized spacial score (nSPS) is 7.64. The van der Waals surface area contributed by atoms with Crippen molar-refractivity contribution in [3.8, 4) is 0 Å². The average molecular weight is 234 g/mol. The third-order valence-electron chi connectivity index (χ3n) is 0. The Morgan fingerprint density at radius 1 is 1.09 bits per heavy atom. The zero-order chi connectivity index (χ0) is 8.08. The summed E-state index contributed by atoms with van der Waals surface area (Å²) in [5, 5.41) is 16.7. The summed E-state index contributed by atoms with van der Waals surface area (Å²) in [6.07, 6.45) is -2.33. The van der Waals surface area contributed by atoms with Crippen LogP contribution in [0.5, 0.6) is 0 Å². The third-order valence-corrected chi connectivity index (χ3v) is 0. The summed E-state index contributed by atoms with van der Waals surface area (Å²) in [5.74, 6) is 0. The van der Waals surface area contributed by atoms with Crippen LogP contribution in [0.15, 0.2) is 0 Å². The first-order chi connectivity index (χ1) is 3.73. The van der Waals surface area contributed by atoms with Gasteiger partial charge >= 0.3 is 75.5 Å². The summed E-state index contributed by atoms with van der Waals surface area (Å²) in [6, 6.07) is 0. The van der Waals surface area contributed by atoms with Crippen molar-refractivity contribution in [3.63, 3.8) is 0 Å². The maximum Gasteiger partial charge on any atom is 2.00 e. The van der Waals surface area contributed by atoms with Gasteiger partial charge in [0.2, 0.25) is 0 Å². The number of hydrogen-bond acceptors (Lipinski definition) is 7. The van der Waals surface area contributed by atoms with E-state index in [1.165, 1.54) is 0 Å². The number of carbonyl (C=O) groups excluding carboxylic acids is 1. The second-order valence-corrected chi connectivity index (χ2v) is 1.90. The minimum Gasteiger partial charge on any atom is -0.828 e. The number of carbonyl (C=O) groups is 1. The Kier molecular flexibility index (Phi) is 24.8. The molecule has 2 N–H and O–H groups in total. The van der Waals surface area contributed by atoms with Gasteiger partial charge in [-0.15, -0.1) is 0 Å². The summed E-state index contributed by atoms with van der Waals surface area (Å²) < 4.78 is 0. The van der Waals surface area contributed by atoms with Gasteiger partial charge < -0.3 is 34.2 Å². The van der Waals surface area contributed by atoms with E-state index < -0.39 is 15.2 Å². The largest absolute Gasteiger partial charge is 2.00 e. The van der Waals surface area contributed by atoms with Gasteiger partial charge in [0.25, 0.3) is 0 Å². The zero-order valence-corrected chi connectivity index (χ0v) is 10.8. The summed E-state index contributed by atoms with van der Waals surface area (Å²) in [6.45, 7) is 0. The van der Waals surface area contributed by atoms with E-state index in [1.807, 2.05) is 0 Å². The van der Waals surface area contributed by atoms with Gasteiger partial charge in [0.1, 0.15) is 9.05 Å². The van der Waals surface area contributed by atoms with Crippen molar-refractivity contribution in [2.24, 2.45) is 0 Å². The Balaban J connectivity index is -0.0000000383. The second kappa shape index (κ2) is 11.8. The van der Waals surface area contributed by atoms with Crippen LogP contribution in [-0.2, 0) is 0 Å². The first-order valence-corrected chi connectivity index (χ1v) is 3.18. The smallest absolute Gasteiger partial charge is 0.828 e. The van der Waals surface area contributed by atoms with Gasteiger partial charge in [-0.3, -0.25) is 0 Å². The molecule has 0 aromatic heterocycles. The van der Waals surface area contributed by atoms with Crippen molar-refractivity contribution in [1.29, 1.82) is 0 Å². The van der Waals surface area contributed by atoms with E-state index in [4.69, 9.17) is 34.2 Å². The third kappa shape index (κ3) is 337. The van der Waals surface area contributed by atoms with Crippen LogP contribution in [0.2, 0.25) is 0 Å². The van der Waals surface area contributed by atoms with Crippen LogP contribution in [-0.4, -0.2) is 100 Å². The fourth-order valence-corrected chi connectivity index (χ4v) is 0. The van der Waals surface area contributed by atoms with Gasteiger partial charge in [-0.05, 0) is 6.16 Å². The average Bonchev–Trinajstić information content (AvgIpc) is 1.19. The summed E-state index contributed by atoms with van der Waals surface area (Å²) in [7, 11) is -5.11. The van der Waals surface area contributed by atoms with E-state index in [0.29, 0.717) is 0 Å². The first kappa shape index (κ1) is 23.0. The Hall–Kier alpha value is 1.85. The molecule has 0 unspecified atom stereocenters. The molecule has 11 heavy (non-hydrogen) atoms. The fourth-order valence-electron chi connectivity index (χ4n) is 0. The van der Waals surface area contributed by atoms with Gasteiger partial charge in [0.15, 0.2) is 0 Å². The number of carboxylic acid groups (broad SMARTS) is 2. The van der Waals surface area contributed by atoms with Gasteiger partial charge in [-0.1, -0.05) is 0 Å². The van der Waals surface area contributed by atoms with E-state index in [-0.39, 0.29) is 75.5 Å². The maximum atomic E-state index is 8.80. The standard InChI is InChI=1S/CH2O3.2Ca.H2O4Si/c2-1(3)4;;;1-5(2,3)4/h(H2,2,3,4);;;1-2H/q;2*+2;-2/p-2. The van der Waals surface area contributed by atoms with Crippen LogP contribution in [0.1, 0.15) is 0 Å². The van der Waals surface area contributed by atoms with Crippen LogP contribution in [0.3, 0.4) is 0 Å². The minimum absolute atomic E-state index is 0. The van der Waals surface area contributed by atoms with E-state index in [2.05, 4.69) is 0 Å². The molecule has 0 aliphatic heterocycles. The molecule has 0 heterocycles. The van der Waals surface area contributed by atoms with E-state index in [0.717, 1.165) is 0 Å². The van der Waals surface area contributed by atoms with Crippen LogP contribution in [0.4, 0.5) is 4.79 Å². The predicted molar refractivity (Wildman–Crippen MR) is 27.1 cm³/mol. The molecule has 0 saturated carbocycles. The first-order valence-electron chi connectivity index (χ1n) is 1.47. The molecule has 10 heteroatoms. The van der Waals surface area contributed by atoms with Crippen LogP contribution in [0, 0.1) is 0 Å². The van der Waals surface area contributed by atoms with Crippen molar-refractivity contribution in [1.82, 2.24) is 0 Å². The summed E-state index contributed by atoms with van der Waals surface area (Å²) in [5.41, 5.74) is 0. The fraction of sp³-hybridized carbons (Fsp3) is 0. The molecule has 0 rings (SSSR count). The quantitative estimate of drug-likeness (QED) is 0.395. The van der Waals surface area contributed by atoms with E-state index in [9.17, 15) is 0 Å². The molecule has 0 aliphatic rings. The molecule has 0 bridgehead atoms. The molecule has 0 fully saturated rings. The minimum atomic E-state index is -5.11. The van der Waals surface area contributed by atoms with Gasteiger partial charge in [-0.25, -0.2) is 0 Å². The van der Waals surface area contributed by atoms with Gasteiger partial charge in [-0.2, -0.15) is 0 Å². The molecule has 0 atom stereocenters. The molecule has 0 aromatic carbocycles. The van der Waals surface area contributed by atoms with E-state index in [1.54, 1.807) is 0 Å². The molecular formula is CH2Ca2O7Si. The van der Waals surface area contributed by atoms with Crippen molar-refractivity contribution in [2.75, 3.05) is 0 Å². The van der Waals surface area contributed by atoms with Crippen molar-refractivity contribution in [3.05, 3.63) is 0 Å². The zero-order valence-electron chi connectivity index (χ0n) is 5.35. The molecule has 0 aliphatic carbocycles. The molecule has 7 nitrogen and oxygen atoms in total. The molecule has 56 valence electrons. The molecule has 0 aromatic rings. The second-order valence-electron chi connectivity index (χ2n) is 0.798. The van der Waals surface area contributed by atoms with E-state index >= 15 is 0 Å². The molecule has 0 amide bonds. The van der Waals surface area contributed by atoms with Crippen LogP contribution in [0.25, 0.3) is 0 Å². The topological polar surface area (TPSA) is 150 Å². The van der Waals surface area contributed by atoms with Gasteiger partial charge in [0.05, 0.1) is 0 Å². The van der Waals surface area contributed by atoms with Gasteiger partial charge in [0, 0.05) is 0 Å². The molecular weight excluding hydrogens is 232 g/mol. The predicted octanol–water partition coefficient (Wildman–Crippen LogP) is -7.08. The molecule has 0 radical (unpaired) electrons. The van der Waals surface area contributed by atoms with Crippen LogP contribution >= 0.6 is 0 Å². The van der Waals surface area contributed by atoms with Crippen molar-refractivity contribution < 1.29 is 34.2 Å². The Labute approximate surface area is 123 Å². The molecule has 0 spiro atoms. The van der Waals surface area contributed by atoms with Crippen molar-refractivity contribution >= 4 is 90.7 Å². The summed E-state index contributed by atoms with van der Waals surface area (Å²) >= 11 is 0. The number of hydrogen-bond donors (Lipinski definition) is 2. The summed E-state index contributed by atoms with van der Waals surface area (Å²) in [4.78, 5) is 40.1.